The molecule has 0 saturated carbocycles. The number of nitrogens with one attached hydrogen (secondary N) is 1. The highest BCUT2D eigenvalue weighted by atomic mass is 16.5. The van der Waals surface area contributed by atoms with E-state index < -0.39 is 0 Å². The molecule has 0 aromatic carbocycles. The minimum absolute atomic E-state index is 0.189. The van der Waals surface area contributed by atoms with Gasteiger partial charge in [-0.1, -0.05) is 6.92 Å². The van der Waals surface area contributed by atoms with Gasteiger partial charge in [0.25, 0.3) is 0 Å². The van der Waals surface area contributed by atoms with Gasteiger partial charge in [0, 0.05) is 6.61 Å². The minimum atomic E-state index is -0.189. The Morgan fingerprint density at radius 3 is 3.13 bits per heavy atom. The van der Waals surface area contributed by atoms with Gasteiger partial charge in [0.2, 0.25) is 0 Å². The van der Waals surface area contributed by atoms with Gasteiger partial charge >= 0.3 is 0 Å². The molecule has 15 heavy (non-hydrogen) atoms. The lowest BCUT2D eigenvalue weighted by molar-refractivity contribution is 0.0141. The van der Waals surface area contributed by atoms with E-state index in [0.717, 1.165) is 32.4 Å². The molecule has 1 fully saturated rings. The highest BCUT2D eigenvalue weighted by Gasteiger charge is 2.16. The molecule has 0 aliphatic carbocycles. The van der Waals surface area contributed by atoms with Crippen molar-refractivity contribution < 1.29 is 9.47 Å². The molecule has 2 atom stereocenters. The van der Waals surface area contributed by atoms with Gasteiger partial charge in [0.1, 0.15) is 6.04 Å². The summed E-state index contributed by atoms with van der Waals surface area (Å²) in [5.74, 6) is 0. The van der Waals surface area contributed by atoms with Crippen LogP contribution in [-0.4, -0.2) is 38.5 Å². The van der Waals surface area contributed by atoms with E-state index in [4.69, 9.17) is 14.7 Å². The first-order valence-corrected chi connectivity index (χ1v) is 5.69. The maximum absolute atomic E-state index is 8.82. The van der Waals surface area contributed by atoms with Crippen LogP contribution in [0.15, 0.2) is 0 Å². The van der Waals surface area contributed by atoms with Crippen molar-refractivity contribution in [3.05, 3.63) is 0 Å². The Morgan fingerprint density at radius 2 is 2.53 bits per heavy atom. The molecule has 0 spiro atoms. The molecule has 4 heteroatoms. The van der Waals surface area contributed by atoms with Gasteiger partial charge in [-0.15, -0.1) is 0 Å². The monoisotopic (exact) mass is 212 g/mol. The number of hydrogen-bond acceptors (Lipinski definition) is 4. The summed E-state index contributed by atoms with van der Waals surface area (Å²) in [5, 5.41) is 11.9. The Bertz CT molecular complexity index is 197. The van der Waals surface area contributed by atoms with E-state index in [0.29, 0.717) is 13.2 Å². The molecule has 1 heterocycles. The number of nitrogens with zero attached hydrogens (tertiary/aromatic N) is 1. The van der Waals surface area contributed by atoms with Crippen LogP contribution in [0.2, 0.25) is 0 Å². The SMILES string of the molecule is CCCNC(C#N)COCC1CCCO1. The second-order valence-electron chi connectivity index (χ2n) is 3.81. The summed E-state index contributed by atoms with van der Waals surface area (Å²) >= 11 is 0. The van der Waals surface area contributed by atoms with Crippen molar-refractivity contribution in [2.45, 2.75) is 38.3 Å². The van der Waals surface area contributed by atoms with E-state index in [1.807, 2.05) is 0 Å². The van der Waals surface area contributed by atoms with Crippen molar-refractivity contribution in [1.82, 2.24) is 5.32 Å². The third kappa shape index (κ3) is 5.12. The third-order valence-electron chi connectivity index (χ3n) is 2.41. The fraction of sp³-hybridized carbons (Fsp3) is 0.909. The lowest BCUT2D eigenvalue weighted by Crippen LogP contribution is -2.33. The highest BCUT2D eigenvalue weighted by Crippen LogP contribution is 2.11. The molecule has 0 amide bonds. The molecule has 1 N–H and O–H groups in total. The van der Waals surface area contributed by atoms with Gasteiger partial charge in [-0.25, -0.2) is 0 Å². The Morgan fingerprint density at radius 1 is 1.67 bits per heavy atom. The van der Waals surface area contributed by atoms with Crippen LogP contribution in [0.4, 0.5) is 0 Å². The summed E-state index contributed by atoms with van der Waals surface area (Å²) in [6.07, 6.45) is 3.49. The number of nitriles is 1. The van der Waals surface area contributed by atoms with Crippen molar-refractivity contribution in [3.63, 3.8) is 0 Å². The Hall–Kier alpha value is -0.630. The lowest BCUT2D eigenvalue weighted by atomic mass is 10.2. The first-order chi connectivity index (χ1) is 7.36. The van der Waals surface area contributed by atoms with E-state index >= 15 is 0 Å². The average Bonchev–Trinajstić information content (AvgIpc) is 2.76. The van der Waals surface area contributed by atoms with E-state index in [1.54, 1.807) is 0 Å². The van der Waals surface area contributed by atoms with Crippen LogP contribution in [0.25, 0.3) is 0 Å². The number of ether oxygens (including phenoxy) is 2. The van der Waals surface area contributed by atoms with E-state index in [2.05, 4.69) is 18.3 Å². The van der Waals surface area contributed by atoms with Crippen LogP contribution < -0.4 is 5.32 Å². The Balaban J connectivity index is 2.03. The maximum atomic E-state index is 8.82. The van der Waals surface area contributed by atoms with Crippen molar-refractivity contribution in [1.29, 1.82) is 5.26 Å². The molecule has 4 nitrogen and oxygen atoms in total. The predicted molar refractivity (Wildman–Crippen MR) is 57.5 cm³/mol. The number of hydrogen-bond donors (Lipinski definition) is 1. The predicted octanol–water partition coefficient (Wildman–Crippen LogP) is 1.07. The fourth-order valence-electron chi connectivity index (χ4n) is 1.55. The quantitative estimate of drug-likeness (QED) is 0.686. The fourth-order valence-corrected chi connectivity index (χ4v) is 1.55. The molecule has 0 aromatic heterocycles. The summed E-state index contributed by atoms with van der Waals surface area (Å²) < 4.78 is 10.9. The summed E-state index contributed by atoms with van der Waals surface area (Å²) in [5.41, 5.74) is 0. The van der Waals surface area contributed by atoms with Crippen LogP contribution in [-0.2, 0) is 9.47 Å². The standard InChI is InChI=1S/C11H20N2O2/c1-2-5-13-10(7-12)8-14-9-11-4-3-6-15-11/h10-11,13H,2-6,8-9H2,1H3. The van der Waals surface area contributed by atoms with Gasteiger partial charge in [0.15, 0.2) is 0 Å². The lowest BCUT2D eigenvalue weighted by Gasteiger charge is -2.13. The molecule has 1 aliphatic rings. The Labute approximate surface area is 91.6 Å². The molecular weight excluding hydrogens is 192 g/mol. The van der Waals surface area contributed by atoms with E-state index in [9.17, 15) is 0 Å². The van der Waals surface area contributed by atoms with E-state index in [-0.39, 0.29) is 12.1 Å². The van der Waals surface area contributed by atoms with Crippen molar-refractivity contribution in [2.24, 2.45) is 0 Å². The van der Waals surface area contributed by atoms with Crippen LogP contribution in [0.3, 0.4) is 0 Å². The van der Waals surface area contributed by atoms with Gasteiger partial charge in [-0.3, -0.25) is 0 Å². The van der Waals surface area contributed by atoms with Crippen LogP contribution in [0, 0.1) is 11.3 Å². The van der Waals surface area contributed by atoms with Crippen LogP contribution in [0.1, 0.15) is 26.2 Å². The normalized spacial score (nSPS) is 22.5. The molecule has 1 rings (SSSR count). The highest BCUT2D eigenvalue weighted by molar-refractivity contribution is 4.89. The second-order valence-corrected chi connectivity index (χ2v) is 3.81. The van der Waals surface area contributed by atoms with Gasteiger partial charge in [-0.2, -0.15) is 5.26 Å². The summed E-state index contributed by atoms with van der Waals surface area (Å²) in [7, 11) is 0. The van der Waals surface area contributed by atoms with Gasteiger partial charge < -0.3 is 14.8 Å². The molecular formula is C11H20N2O2. The van der Waals surface area contributed by atoms with Crippen LogP contribution >= 0.6 is 0 Å². The topological polar surface area (TPSA) is 54.3 Å². The molecule has 0 bridgehead atoms. The van der Waals surface area contributed by atoms with Crippen molar-refractivity contribution >= 4 is 0 Å². The third-order valence-corrected chi connectivity index (χ3v) is 2.41. The molecule has 0 radical (unpaired) electrons. The zero-order chi connectivity index (χ0) is 10.9. The van der Waals surface area contributed by atoms with Crippen LogP contribution in [0.5, 0.6) is 0 Å². The molecule has 2 unspecified atom stereocenters. The summed E-state index contributed by atoms with van der Waals surface area (Å²) in [6.45, 7) is 4.86. The summed E-state index contributed by atoms with van der Waals surface area (Å²) in [6, 6.07) is 2.00. The molecule has 86 valence electrons. The van der Waals surface area contributed by atoms with Crippen molar-refractivity contribution in [3.8, 4) is 6.07 Å². The maximum Gasteiger partial charge on any atom is 0.119 e. The largest absolute Gasteiger partial charge is 0.376 e. The first-order valence-electron chi connectivity index (χ1n) is 5.69. The Kier molecular flexibility index (Phi) is 6.33. The van der Waals surface area contributed by atoms with Crippen molar-refractivity contribution in [2.75, 3.05) is 26.4 Å². The van der Waals surface area contributed by atoms with Gasteiger partial charge in [0.05, 0.1) is 25.4 Å². The molecule has 0 aromatic rings. The summed E-state index contributed by atoms with van der Waals surface area (Å²) in [4.78, 5) is 0. The van der Waals surface area contributed by atoms with E-state index in [1.165, 1.54) is 0 Å². The average molecular weight is 212 g/mol. The zero-order valence-electron chi connectivity index (χ0n) is 9.37. The smallest absolute Gasteiger partial charge is 0.119 e. The first kappa shape index (κ1) is 12.4. The minimum Gasteiger partial charge on any atom is -0.376 e. The second kappa shape index (κ2) is 7.63. The van der Waals surface area contributed by atoms with Gasteiger partial charge in [-0.05, 0) is 25.8 Å². The molecule has 1 aliphatic heterocycles. The molecule has 1 saturated heterocycles. The zero-order valence-corrected chi connectivity index (χ0v) is 9.37. The number of rotatable bonds is 7.